The third-order valence-corrected chi connectivity index (χ3v) is 2.03. The SMILES string of the molecule is COC(=O)[C@H](CC(=O)CBr)NC(F)(F)F. The zero-order valence-electron chi connectivity index (χ0n) is 7.73. The summed E-state index contributed by atoms with van der Waals surface area (Å²) in [5, 5.41) is 0.945. The van der Waals surface area contributed by atoms with E-state index in [4.69, 9.17) is 0 Å². The predicted octanol–water partition coefficient (Wildman–Crippen LogP) is 0.992. The van der Waals surface area contributed by atoms with Crippen LogP contribution in [0.25, 0.3) is 0 Å². The molecule has 1 N–H and O–H groups in total. The van der Waals surface area contributed by atoms with Crippen LogP contribution in [0.5, 0.6) is 0 Å². The van der Waals surface area contributed by atoms with Gasteiger partial charge in [0.05, 0.1) is 12.4 Å². The van der Waals surface area contributed by atoms with Crippen LogP contribution in [-0.2, 0) is 14.3 Å². The Morgan fingerprint density at radius 3 is 2.33 bits per heavy atom. The Kier molecular flexibility index (Phi) is 5.81. The van der Waals surface area contributed by atoms with Crippen molar-refractivity contribution in [3.8, 4) is 0 Å². The minimum Gasteiger partial charge on any atom is -0.468 e. The molecule has 0 radical (unpaired) electrons. The zero-order chi connectivity index (χ0) is 12.1. The van der Waals surface area contributed by atoms with Crippen LogP contribution < -0.4 is 5.32 Å². The summed E-state index contributed by atoms with van der Waals surface area (Å²) in [6, 6.07) is -1.69. The summed E-state index contributed by atoms with van der Waals surface area (Å²) in [7, 11) is 0.950. The van der Waals surface area contributed by atoms with Crippen molar-refractivity contribution in [3.05, 3.63) is 0 Å². The summed E-state index contributed by atoms with van der Waals surface area (Å²) in [6.07, 6.45) is -5.30. The second-order valence-electron chi connectivity index (χ2n) is 2.59. The quantitative estimate of drug-likeness (QED) is 0.466. The van der Waals surface area contributed by atoms with E-state index in [9.17, 15) is 22.8 Å². The van der Waals surface area contributed by atoms with Crippen molar-refractivity contribution >= 4 is 27.7 Å². The molecule has 0 aliphatic carbocycles. The number of carbonyl (C=O) groups is 2. The number of hydrogen-bond acceptors (Lipinski definition) is 4. The number of esters is 1. The van der Waals surface area contributed by atoms with Gasteiger partial charge in [0.25, 0.3) is 0 Å². The summed E-state index contributed by atoms with van der Waals surface area (Å²) < 4.78 is 39.9. The Morgan fingerprint density at radius 2 is 2.00 bits per heavy atom. The Bertz CT molecular complexity index is 244. The summed E-state index contributed by atoms with van der Waals surface area (Å²) in [5.74, 6) is -1.65. The number of ether oxygens (including phenoxy) is 1. The van der Waals surface area contributed by atoms with Crippen LogP contribution >= 0.6 is 15.9 Å². The van der Waals surface area contributed by atoms with Gasteiger partial charge in [0, 0.05) is 6.42 Å². The van der Waals surface area contributed by atoms with E-state index in [1.165, 1.54) is 0 Å². The van der Waals surface area contributed by atoms with Gasteiger partial charge < -0.3 is 4.74 Å². The van der Waals surface area contributed by atoms with Crippen molar-refractivity contribution in [1.82, 2.24) is 5.32 Å². The Balaban J connectivity index is 4.45. The molecule has 0 aliphatic rings. The maximum Gasteiger partial charge on any atom is 0.458 e. The topological polar surface area (TPSA) is 55.4 Å². The third kappa shape index (κ3) is 6.45. The minimum absolute atomic E-state index is 0.111. The number of alkyl halides is 4. The molecule has 0 bridgehead atoms. The van der Waals surface area contributed by atoms with Crippen molar-refractivity contribution in [2.75, 3.05) is 12.4 Å². The van der Waals surface area contributed by atoms with E-state index in [0.29, 0.717) is 0 Å². The maximum absolute atomic E-state index is 11.9. The van der Waals surface area contributed by atoms with E-state index in [0.717, 1.165) is 12.4 Å². The number of halogens is 4. The predicted molar refractivity (Wildman–Crippen MR) is 48.4 cm³/mol. The molecule has 0 aromatic heterocycles. The molecule has 0 aliphatic heterocycles. The van der Waals surface area contributed by atoms with Crippen LogP contribution in [-0.4, -0.2) is 36.5 Å². The van der Waals surface area contributed by atoms with Gasteiger partial charge >= 0.3 is 12.3 Å². The van der Waals surface area contributed by atoms with Gasteiger partial charge in [-0.1, -0.05) is 15.9 Å². The van der Waals surface area contributed by atoms with E-state index in [-0.39, 0.29) is 5.33 Å². The Morgan fingerprint density at radius 1 is 1.47 bits per heavy atom. The number of hydrogen-bond donors (Lipinski definition) is 1. The van der Waals surface area contributed by atoms with E-state index in [1.54, 1.807) is 0 Å². The molecule has 0 amide bonds. The molecule has 0 fully saturated rings. The smallest absolute Gasteiger partial charge is 0.458 e. The minimum atomic E-state index is -4.73. The lowest BCUT2D eigenvalue weighted by molar-refractivity contribution is -0.176. The zero-order valence-corrected chi connectivity index (χ0v) is 9.31. The highest BCUT2D eigenvalue weighted by Crippen LogP contribution is 2.13. The van der Waals surface area contributed by atoms with Crippen molar-refractivity contribution in [2.45, 2.75) is 18.8 Å². The first-order valence-electron chi connectivity index (χ1n) is 3.80. The fraction of sp³-hybridized carbons (Fsp3) is 0.714. The van der Waals surface area contributed by atoms with Gasteiger partial charge in [-0.3, -0.25) is 9.59 Å². The molecule has 0 unspecified atom stereocenters. The molecular formula is C7H9BrF3NO3. The van der Waals surface area contributed by atoms with Crippen molar-refractivity contribution in [1.29, 1.82) is 0 Å². The van der Waals surface area contributed by atoms with Crippen LogP contribution in [0.1, 0.15) is 6.42 Å². The normalized spacial score (nSPS) is 13.4. The first kappa shape index (κ1) is 14.4. The highest BCUT2D eigenvalue weighted by molar-refractivity contribution is 9.09. The number of nitrogens with one attached hydrogen (secondary N) is 1. The molecular weight excluding hydrogens is 283 g/mol. The second kappa shape index (κ2) is 6.06. The number of rotatable bonds is 5. The van der Waals surface area contributed by atoms with Gasteiger partial charge in [-0.25, -0.2) is 5.32 Å². The highest BCUT2D eigenvalue weighted by Gasteiger charge is 2.35. The fourth-order valence-corrected chi connectivity index (χ4v) is 1.04. The van der Waals surface area contributed by atoms with Crippen LogP contribution in [0.15, 0.2) is 0 Å². The van der Waals surface area contributed by atoms with Gasteiger partial charge in [-0.15, -0.1) is 0 Å². The average Bonchev–Trinajstić information content (AvgIpc) is 2.13. The molecule has 0 aromatic carbocycles. The van der Waals surface area contributed by atoms with E-state index < -0.39 is 30.5 Å². The fourth-order valence-electron chi connectivity index (χ4n) is 0.815. The molecule has 0 spiro atoms. The molecule has 15 heavy (non-hydrogen) atoms. The number of Topliss-reactive ketones (excluding diaryl/α,β-unsaturated/α-hetero) is 1. The average molecular weight is 292 g/mol. The van der Waals surface area contributed by atoms with Crippen LogP contribution in [0.4, 0.5) is 13.2 Å². The second-order valence-corrected chi connectivity index (χ2v) is 3.16. The Hall–Kier alpha value is -0.630. The van der Waals surface area contributed by atoms with Crippen molar-refractivity contribution in [3.63, 3.8) is 0 Å². The monoisotopic (exact) mass is 291 g/mol. The molecule has 0 aromatic rings. The molecule has 0 rings (SSSR count). The summed E-state index contributed by atoms with van der Waals surface area (Å²) in [6.45, 7) is 0. The van der Waals surface area contributed by atoms with Gasteiger partial charge in [-0.2, -0.15) is 13.2 Å². The lowest BCUT2D eigenvalue weighted by Crippen LogP contribution is -2.47. The lowest BCUT2D eigenvalue weighted by atomic mass is 10.1. The lowest BCUT2D eigenvalue weighted by Gasteiger charge is -2.17. The maximum atomic E-state index is 11.9. The Labute approximate surface area is 92.3 Å². The van der Waals surface area contributed by atoms with Gasteiger partial charge in [0.15, 0.2) is 0 Å². The van der Waals surface area contributed by atoms with Crippen molar-refractivity contribution in [2.24, 2.45) is 0 Å². The first-order valence-corrected chi connectivity index (χ1v) is 4.92. The summed E-state index contributed by atoms with van der Waals surface area (Å²) >= 11 is 2.78. The summed E-state index contributed by atoms with van der Waals surface area (Å²) in [5.41, 5.74) is 0. The first-order chi connectivity index (χ1) is 6.80. The van der Waals surface area contributed by atoms with Crippen LogP contribution in [0.3, 0.4) is 0 Å². The number of methoxy groups -OCH3 is 1. The van der Waals surface area contributed by atoms with E-state index in [2.05, 4.69) is 20.7 Å². The third-order valence-electron chi connectivity index (χ3n) is 1.40. The van der Waals surface area contributed by atoms with Crippen LogP contribution in [0.2, 0.25) is 0 Å². The summed E-state index contributed by atoms with van der Waals surface area (Å²) in [4.78, 5) is 21.8. The molecule has 4 nitrogen and oxygen atoms in total. The standard InChI is InChI=1S/C7H9BrF3NO3/c1-15-6(14)5(2-4(13)3-8)12-7(9,10)11/h5,12H,2-3H2,1H3/t5-/m0/s1. The molecule has 0 heterocycles. The highest BCUT2D eigenvalue weighted by atomic mass is 79.9. The van der Waals surface area contributed by atoms with Crippen LogP contribution in [0, 0.1) is 0 Å². The largest absolute Gasteiger partial charge is 0.468 e. The molecule has 1 atom stereocenters. The molecule has 0 saturated carbocycles. The van der Waals surface area contributed by atoms with E-state index >= 15 is 0 Å². The molecule has 8 heteroatoms. The number of carbonyl (C=O) groups excluding carboxylic acids is 2. The van der Waals surface area contributed by atoms with Gasteiger partial charge in [0.1, 0.15) is 11.8 Å². The van der Waals surface area contributed by atoms with Gasteiger partial charge in [0.2, 0.25) is 0 Å². The molecule has 0 saturated heterocycles. The molecule has 88 valence electrons. The number of ketones is 1. The van der Waals surface area contributed by atoms with Gasteiger partial charge in [-0.05, 0) is 0 Å². The van der Waals surface area contributed by atoms with Crippen molar-refractivity contribution < 1.29 is 27.5 Å². The van der Waals surface area contributed by atoms with E-state index in [1.807, 2.05) is 0 Å².